The van der Waals surface area contributed by atoms with Crippen molar-refractivity contribution in [3.8, 4) is 22.4 Å². The number of nitrogens with zero attached hydrogens (tertiary/aromatic N) is 1. The van der Waals surface area contributed by atoms with Crippen LogP contribution in [0.15, 0.2) is 53.9 Å². The molecule has 2 aromatic carbocycles. The van der Waals surface area contributed by atoms with E-state index in [0.717, 1.165) is 33.0 Å². The first-order chi connectivity index (χ1) is 13.5. The second-order valence-corrected chi connectivity index (χ2v) is 8.17. The van der Waals surface area contributed by atoms with Crippen LogP contribution in [0, 0.1) is 6.92 Å². The number of thiazole rings is 1. The number of aromatic nitrogens is 1. The largest absolute Gasteiger partial charge is 0.394 e. The van der Waals surface area contributed by atoms with E-state index in [9.17, 15) is 15.3 Å². The third-order valence-corrected chi connectivity index (χ3v) is 5.87. The molecular formula is C22H23NO4S. The summed E-state index contributed by atoms with van der Waals surface area (Å²) in [6, 6.07) is 15.9. The van der Waals surface area contributed by atoms with Crippen LogP contribution in [0.2, 0.25) is 0 Å². The highest BCUT2D eigenvalue weighted by Crippen LogP contribution is 2.34. The van der Waals surface area contributed by atoms with Crippen molar-refractivity contribution in [3.05, 3.63) is 64.5 Å². The minimum Gasteiger partial charge on any atom is -0.394 e. The maximum Gasteiger partial charge on any atom is 0.111 e. The van der Waals surface area contributed by atoms with E-state index >= 15 is 0 Å². The lowest BCUT2D eigenvalue weighted by Crippen LogP contribution is -2.44. The van der Waals surface area contributed by atoms with Crippen molar-refractivity contribution in [2.24, 2.45) is 0 Å². The lowest BCUT2D eigenvalue weighted by atomic mass is 9.91. The molecule has 1 saturated heterocycles. The predicted molar refractivity (Wildman–Crippen MR) is 109 cm³/mol. The molecule has 1 aliphatic heterocycles. The molecule has 0 spiro atoms. The van der Waals surface area contributed by atoms with E-state index in [-0.39, 0.29) is 13.0 Å². The van der Waals surface area contributed by atoms with Crippen molar-refractivity contribution < 1.29 is 20.1 Å². The number of aliphatic hydroxyl groups is 3. The van der Waals surface area contributed by atoms with Gasteiger partial charge in [0.25, 0.3) is 0 Å². The van der Waals surface area contributed by atoms with Crippen molar-refractivity contribution in [1.82, 2.24) is 4.98 Å². The van der Waals surface area contributed by atoms with E-state index in [0.29, 0.717) is 0 Å². The number of aliphatic hydroxyl groups excluding tert-OH is 3. The first-order valence-electron chi connectivity index (χ1n) is 9.30. The molecule has 0 bridgehead atoms. The monoisotopic (exact) mass is 397 g/mol. The number of hydrogen-bond acceptors (Lipinski definition) is 6. The molecule has 146 valence electrons. The zero-order valence-electron chi connectivity index (χ0n) is 15.5. The molecule has 3 aromatic rings. The average Bonchev–Trinajstić information content (AvgIpc) is 3.16. The van der Waals surface area contributed by atoms with Crippen LogP contribution in [0.4, 0.5) is 0 Å². The Morgan fingerprint density at radius 2 is 1.82 bits per heavy atom. The number of benzene rings is 2. The summed E-state index contributed by atoms with van der Waals surface area (Å²) in [7, 11) is 0. The van der Waals surface area contributed by atoms with Gasteiger partial charge in [-0.15, -0.1) is 11.3 Å². The van der Waals surface area contributed by atoms with Gasteiger partial charge >= 0.3 is 0 Å². The van der Waals surface area contributed by atoms with Gasteiger partial charge in [-0.05, 0) is 29.7 Å². The quantitative estimate of drug-likeness (QED) is 0.629. The first-order valence-corrected chi connectivity index (χ1v) is 10.2. The fourth-order valence-electron chi connectivity index (χ4n) is 3.57. The Bertz CT molecular complexity index is 940. The summed E-state index contributed by atoms with van der Waals surface area (Å²) in [5, 5.41) is 32.9. The second kappa shape index (κ2) is 8.11. The standard InChI is InChI=1S/C22H23NO4S/c1-13-23-19(12-28-13)15-7-5-14(6-8-15)16-3-2-4-17(9-16)22-21(26)20(25)10-18(11-24)27-22/h2-9,12,18,20-22,24-26H,10-11H2,1H3/t18?,20?,21?,22-/m1/s1. The van der Waals surface area contributed by atoms with Gasteiger partial charge in [0.05, 0.1) is 29.5 Å². The fourth-order valence-corrected chi connectivity index (χ4v) is 4.19. The highest BCUT2D eigenvalue weighted by molar-refractivity contribution is 7.09. The Hall–Kier alpha value is -2.09. The van der Waals surface area contributed by atoms with Crippen molar-refractivity contribution in [2.45, 2.75) is 37.8 Å². The van der Waals surface area contributed by atoms with Crippen molar-refractivity contribution in [3.63, 3.8) is 0 Å². The van der Waals surface area contributed by atoms with Crippen LogP contribution in [-0.2, 0) is 4.74 Å². The molecule has 5 nitrogen and oxygen atoms in total. The number of hydrogen-bond donors (Lipinski definition) is 3. The van der Waals surface area contributed by atoms with Gasteiger partial charge in [-0.2, -0.15) is 0 Å². The summed E-state index contributed by atoms with van der Waals surface area (Å²) in [4.78, 5) is 4.52. The minimum absolute atomic E-state index is 0.183. The summed E-state index contributed by atoms with van der Waals surface area (Å²) in [6.45, 7) is 1.81. The summed E-state index contributed by atoms with van der Waals surface area (Å²) in [5.41, 5.74) is 4.87. The molecule has 1 aliphatic rings. The molecule has 4 atom stereocenters. The zero-order valence-corrected chi connectivity index (χ0v) is 16.3. The molecule has 0 radical (unpaired) electrons. The summed E-state index contributed by atoms with van der Waals surface area (Å²) >= 11 is 1.63. The van der Waals surface area contributed by atoms with E-state index in [2.05, 4.69) is 10.4 Å². The van der Waals surface area contributed by atoms with Gasteiger partial charge in [-0.3, -0.25) is 0 Å². The summed E-state index contributed by atoms with van der Waals surface area (Å²) in [5.74, 6) is 0. The molecule has 0 amide bonds. The zero-order chi connectivity index (χ0) is 19.7. The molecule has 1 aromatic heterocycles. The average molecular weight is 397 g/mol. The Kier molecular flexibility index (Phi) is 5.57. The van der Waals surface area contributed by atoms with Gasteiger partial charge in [0.2, 0.25) is 0 Å². The van der Waals surface area contributed by atoms with Crippen LogP contribution in [0.3, 0.4) is 0 Å². The molecule has 1 fully saturated rings. The number of rotatable bonds is 4. The Morgan fingerprint density at radius 1 is 1.07 bits per heavy atom. The van der Waals surface area contributed by atoms with E-state index < -0.39 is 24.4 Å². The van der Waals surface area contributed by atoms with Gasteiger partial charge in [-0.25, -0.2) is 4.98 Å². The second-order valence-electron chi connectivity index (χ2n) is 7.11. The van der Waals surface area contributed by atoms with Crippen molar-refractivity contribution in [2.75, 3.05) is 6.61 Å². The van der Waals surface area contributed by atoms with Crippen LogP contribution in [0.5, 0.6) is 0 Å². The van der Waals surface area contributed by atoms with E-state index in [1.165, 1.54) is 0 Å². The van der Waals surface area contributed by atoms with Gasteiger partial charge in [0.1, 0.15) is 12.2 Å². The fraction of sp³-hybridized carbons (Fsp3) is 0.318. The number of ether oxygens (including phenoxy) is 1. The lowest BCUT2D eigenvalue weighted by molar-refractivity contribution is -0.179. The number of aryl methyl sites for hydroxylation is 1. The van der Waals surface area contributed by atoms with E-state index in [4.69, 9.17) is 4.74 Å². The van der Waals surface area contributed by atoms with Crippen LogP contribution in [-0.4, -0.2) is 45.2 Å². The van der Waals surface area contributed by atoms with E-state index in [1.807, 2.05) is 55.5 Å². The summed E-state index contributed by atoms with van der Waals surface area (Å²) < 4.78 is 5.81. The normalized spacial score (nSPS) is 25.0. The van der Waals surface area contributed by atoms with Crippen LogP contribution < -0.4 is 0 Å². The van der Waals surface area contributed by atoms with Gasteiger partial charge in [0, 0.05) is 17.4 Å². The molecule has 3 N–H and O–H groups in total. The van der Waals surface area contributed by atoms with E-state index in [1.54, 1.807) is 11.3 Å². The molecule has 0 saturated carbocycles. The Labute approximate surface area is 167 Å². The molecule has 0 aliphatic carbocycles. The molecular weight excluding hydrogens is 374 g/mol. The Morgan fingerprint density at radius 3 is 2.50 bits per heavy atom. The topological polar surface area (TPSA) is 82.8 Å². The molecule has 2 heterocycles. The third-order valence-electron chi connectivity index (χ3n) is 5.10. The predicted octanol–water partition coefficient (Wildman–Crippen LogP) is 3.33. The smallest absolute Gasteiger partial charge is 0.111 e. The van der Waals surface area contributed by atoms with Gasteiger partial charge < -0.3 is 20.1 Å². The third kappa shape index (κ3) is 3.87. The van der Waals surface area contributed by atoms with Gasteiger partial charge in [0.15, 0.2) is 0 Å². The van der Waals surface area contributed by atoms with Gasteiger partial charge in [-0.1, -0.05) is 42.5 Å². The maximum absolute atomic E-state index is 10.4. The van der Waals surface area contributed by atoms with Crippen molar-refractivity contribution in [1.29, 1.82) is 0 Å². The van der Waals surface area contributed by atoms with Crippen molar-refractivity contribution >= 4 is 11.3 Å². The first kappa shape index (κ1) is 19.2. The van der Waals surface area contributed by atoms with Crippen LogP contribution >= 0.6 is 11.3 Å². The molecule has 3 unspecified atom stereocenters. The lowest BCUT2D eigenvalue weighted by Gasteiger charge is -2.37. The highest BCUT2D eigenvalue weighted by atomic mass is 32.1. The Balaban J connectivity index is 1.60. The highest BCUT2D eigenvalue weighted by Gasteiger charge is 2.37. The maximum atomic E-state index is 10.4. The molecule has 4 rings (SSSR count). The minimum atomic E-state index is -1.02. The SMILES string of the molecule is Cc1nc(-c2ccc(-c3cccc([C@H]4OC(CO)CC(O)C4O)c3)cc2)cs1. The molecule has 6 heteroatoms. The summed E-state index contributed by atoms with van der Waals surface area (Å²) in [6.07, 6.45) is -2.86. The molecule has 28 heavy (non-hydrogen) atoms. The van der Waals surface area contributed by atoms with Crippen LogP contribution in [0.25, 0.3) is 22.4 Å². The van der Waals surface area contributed by atoms with Crippen LogP contribution in [0.1, 0.15) is 23.1 Å².